The molecule has 0 aromatic carbocycles. The van der Waals surface area contributed by atoms with Gasteiger partial charge in [0.1, 0.15) is 0 Å². The summed E-state index contributed by atoms with van der Waals surface area (Å²) in [4.78, 5) is 12.0. The van der Waals surface area contributed by atoms with E-state index in [2.05, 4.69) is 35.8 Å². The zero-order valence-corrected chi connectivity index (χ0v) is 15.4. The Morgan fingerprint density at radius 2 is 2.12 bits per heavy atom. The third kappa shape index (κ3) is 4.47. The molecule has 0 amide bonds. The highest BCUT2D eigenvalue weighted by Crippen LogP contribution is 2.28. The zero-order valence-electron chi connectivity index (χ0n) is 14.6. The molecular weight excluding hydrogens is 324 g/mol. The summed E-state index contributed by atoms with van der Waals surface area (Å²) in [5.41, 5.74) is 6.25. The van der Waals surface area contributed by atoms with Gasteiger partial charge in [-0.25, -0.2) is 0 Å². The van der Waals surface area contributed by atoms with Crippen LogP contribution in [0.3, 0.4) is 0 Å². The lowest BCUT2D eigenvalue weighted by Crippen LogP contribution is -2.48. The van der Waals surface area contributed by atoms with Crippen LogP contribution in [0.4, 0.5) is 0 Å². The summed E-state index contributed by atoms with van der Waals surface area (Å²) in [6.45, 7) is 10.8. The van der Waals surface area contributed by atoms with E-state index in [0.717, 1.165) is 39.4 Å². The van der Waals surface area contributed by atoms with Gasteiger partial charge in [-0.2, -0.15) is 0 Å². The molecule has 0 bridgehead atoms. The van der Waals surface area contributed by atoms with Crippen molar-refractivity contribution in [3.05, 3.63) is 21.9 Å². The predicted octanol–water partition coefficient (Wildman–Crippen LogP) is 1.47. The van der Waals surface area contributed by atoms with Gasteiger partial charge in [-0.15, -0.1) is 11.3 Å². The smallest absolute Gasteiger partial charge is 0.191 e. The van der Waals surface area contributed by atoms with Gasteiger partial charge in [0.15, 0.2) is 5.96 Å². The fourth-order valence-electron chi connectivity index (χ4n) is 3.21. The minimum absolute atomic E-state index is 0.211. The van der Waals surface area contributed by atoms with E-state index in [1.54, 1.807) is 0 Å². The maximum Gasteiger partial charge on any atom is 0.191 e. The molecule has 2 atom stereocenters. The number of rotatable bonds is 4. The Hall–Kier alpha value is -1.15. The van der Waals surface area contributed by atoms with Crippen LogP contribution in [0.15, 0.2) is 17.1 Å². The molecule has 0 saturated carbocycles. The average molecular weight is 353 g/mol. The summed E-state index contributed by atoms with van der Waals surface area (Å²) in [5.74, 6) is 0.636. The van der Waals surface area contributed by atoms with Crippen LogP contribution in [0.1, 0.15) is 22.7 Å². The van der Waals surface area contributed by atoms with Crippen LogP contribution in [-0.2, 0) is 9.47 Å². The van der Waals surface area contributed by atoms with E-state index in [1.165, 1.54) is 9.75 Å². The van der Waals surface area contributed by atoms with Crippen molar-refractivity contribution < 1.29 is 9.47 Å². The Labute approximate surface area is 148 Å². The second-order valence-electron chi connectivity index (χ2n) is 6.44. The Kier molecular flexibility index (Phi) is 6.10. The highest BCUT2D eigenvalue weighted by molar-refractivity contribution is 7.12. The first-order chi connectivity index (χ1) is 11.6. The first-order valence-corrected chi connectivity index (χ1v) is 9.49. The molecule has 2 saturated heterocycles. The number of nitrogens with two attached hydrogens (primary N) is 1. The molecule has 3 rings (SSSR count). The molecule has 2 aliphatic rings. The largest absolute Gasteiger partial charge is 0.379 e. The minimum Gasteiger partial charge on any atom is -0.379 e. The molecular formula is C17H28N4O2S. The first kappa shape index (κ1) is 17.7. The summed E-state index contributed by atoms with van der Waals surface area (Å²) < 4.78 is 11.1. The molecule has 7 heteroatoms. The number of morpholine rings is 2. The second-order valence-corrected chi connectivity index (χ2v) is 7.76. The fourth-order valence-corrected chi connectivity index (χ4v) is 4.22. The topological polar surface area (TPSA) is 63.3 Å². The van der Waals surface area contributed by atoms with Gasteiger partial charge in [0.25, 0.3) is 0 Å². The normalized spacial score (nSPS) is 25.0. The fraction of sp³-hybridized carbons (Fsp3) is 0.706. The number of nitrogens with zero attached hydrogens (tertiary/aromatic N) is 3. The van der Waals surface area contributed by atoms with Crippen LogP contribution in [0, 0.1) is 6.92 Å². The van der Waals surface area contributed by atoms with Crippen molar-refractivity contribution in [3.8, 4) is 0 Å². The van der Waals surface area contributed by atoms with E-state index in [1.807, 2.05) is 11.3 Å². The Balaban J connectivity index is 1.69. The number of aliphatic imine (C=N–C) groups is 1. The van der Waals surface area contributed by atoms with Gasteiger partial charge >= 0.3 is 0 Å². The summed E-state index contributed by atoms with van der Waals surface area (Å²) >= 11 is 1.85. The number of aryl methyl sites for hydroxylation is 1. The molecule has 1 aromatic rings. The minimum atomic E-state index is 0.211. The Morgan fingerprint density at radius 1 is 1.33 bits per heavy atom. The van der Waals surface area contributed by atoms with Gasteiger partial charge < -0.3 is 20.1 Å². The molecule has 0 radical (unpaired) electrons. The highest BCUT2D eigenvalue weighted by atomic mass is 32.1. The lowest BCUT2D eigenvalue weighted by Gasteiger charge is -2.34. The van der Waals surface area contributed by atoms with Crippen molar-refractivity contribution in [3.63, 3.8) is 0 Å². The molecule has 3 heterocycles. The van der Waals surface area contributed by atoms with Gasteiger partial charge in [-0.1, -0.05) is 0 Å². The number of hydrogen-bond donors (Lipinski definition) is 1. The zero-order chi connectivity index (χ0) is 16.9. The molecule has 1 aromatic heterocycles. The van der Waals surface area contributed by atoms with E-state index >= 15 is 0 Å². The maximum absolute atomic E-state index is 6.25. The Morgan fingerprint density at radius 3 is 2.79 bits per heavy atom. The SMILES string of the molecule is Cc1ccc(C(CN=C(N)N2CCOC(C)C2)N2CCOCC2)s1. The highest BCUT2D eigenvalue weighted by Gasteiger charge is 2.24. The number of hydrogen-bond acceptors (Lipinski definition) is 5. The average Bonchev–Trinajstić information content (AvgIpc) is 3.02. The van der Waals surface area contributed by atoms with Gasteiger partial charge in [0.05, 0.1) is 38.5 Å². The lowest BCUT2D eigenvalue weighted by atomic mass is 10.2. The molecule has 24 heavy (non-hydrogen) atoms. The van der Waals surface area contributed by atoms with Crippen molar-refractivity contribution in [2.45, 2.75) is 26.0 Å². The van der Waals surface area contributed by atoms with Gasteiger partial charge in [-0.05, 0) is 26.0 Å². The maximum atomic E-state index is 6.25. The van der Waals surface area contributed by atoms with Crippen molar-refractivity contribution in [2.75, 3.05) is 52.5 Å². The van der Waals surface area contributed by atoms with Crippen LogP contribution in [0.5, 0.6) is 0 Å². The summed E-state index contributed by atoms with van der Waals surface area (Å²) in [5, 5.41) is 0. The summed E-state index contributed by atoms with van der Waals surface area (Å²) in [7, 11) is 0. The molecule has 0 aliphatic carbocycles. The van der Waals surface area contributed by atoms with Crippen LogP contribution >= 0.6 is 11.3 Å². The van der Waals surface area contributed by atoms with Crippen molar-refractivity contribution in [2.24, 2.45) is 10.7 Å². The predicted molar refractivity (Wildman–Crippen MR) is 97.7 cm³/mol. The molecule has 2 unspecified atom stereocenters. The number of thiophene rings is 1. The van der Waals surface area contributed by atoms with Crippen LogP contribution < -0.4 is 5.73 Å². The molecule has 2 fully saturated rings. The van der Waals surface area contributed by atoms with E-state index < -0.39 is 0 Å². The van der Waals surface area contributed by atoms with E-state index in [-0.39, 0.29) is 12.1 Å². The molecule has 0 spiro atoms. The van der Waals surface area contributed by atoms with E-state index in [4.69, 9.17) is 20.2 Å². The summed E-state index contributed by atoms with van der Waals surface area (Å²) in [6.07, 6.45) is 0.211. The standard InChI is InChI=1S/C17H28N4O2S/c1-13-12-21(7-10-23-13)17(18)19-11-15(16-4-3-14(2)24-16)20-5-8-22-9-6-20/h3-4,13,15H,5-12H2,1-2H3,(H2,18,19). The van der Waals surface area contributed by atoms with E-state index in [9.17, 15) is 0 Å². The summed E-state index contributed by atoms with van der Waals surface area (Å²) in [6, 6.07) is 4.69. The van der Waals surface area contributed by atoms with Crippen LogP contribution in [0.25, 0.3) is 0 Å². The van der Waals surface area contributed by atoms with Gasteiger partial charge in [-0.3, -0.25) is 9.89 Å². The molecule has 134 valence electrons. The molecule has 2 N–H and O–H groups in total. The monoisotopic (exact) mass is 352 g/mol. The van der Waals surface area contributed by atoms with E-state index in [0.29, 0.717) is 19.1 Å². The second kappa shape index (κ2) is 8.29. The first-order valence-electron chi connectivity index (χ1n) is 8.68. The quantitative estimate of drug-likeness (QED) is 0.657. The molecule has 6 nitrogen and oxygen atoms in total. The third-order valence-corrected chi connectivity index (χ3v) is 5.67. The third-order valence-electron chi connectivity index (χ3n) is 4.57. The van der Waals surface area contributed by atoms with Crippen LogP contribution in [-0.4, -0.2) is 74.4 Å². The van der Waals surface area contributed by atoms with Crippen molar-refractivity contribution in [1.29, 1.82) is 0 Å². The lowest BCUT2D eigenvalue weighted by molar-refractivity contribution is 0.00494. The number of guanidine groups is 1. The van der Waals surface area contributed by atoms with Gasteiger partial charge in [0, 0.05) is 35.9 Å². The van der Waals surface area contributed by atoms with Crippen molar-refractivity contribution in [1.82, 2.24) is 9.80 Å². The van der Waals surface area contributed by atoms with Gasteiger partial charge in [0.2, 0.25) is 0 Å². The van der Waals surface area contributed by atoms with Crippen molar-refractivity contribution >= 4 is 17.3 Å². The van der Waals surface area contributed by atoms with Crippen LogP contribution in [0.2, 0.25) is 0 Å². The Bertz CT molecular complexity index is 557. The number of ether oxygens (including phenoxy) is 2. The molecule has 2 aliphatic heterocycles.